The van der Waals surface area contributed by atoms with E-state index in [1.807, 2.05) is 25.1 Å². The molecule has 0 aliphatic carbocycles. The van der Waals surface area contributed by atoms with Crippen LogP contribution < -0.4 is 5.56 Å². The molecule has 5 heteroatoms. The van der Waals surface area contributed by atoms with E-state index in [0.29, 0.717) is 18.0 Å². The van der Waals surface area contributed by atoms with Gasteiger partial charge in [-0.15, -0.1) is 0 Å². The van der Waals surface area contributed by atoms with E-state index in [0.717, 1.165) is 12.8 Å². The predicted octanol–water partition coefficient (Wildman–Crippen LogP) is 2.43. The van der Waals surface area contributed by atoms with Crippen molar-refractivity contribution in [3.63, 3.8) is 0 Å². The van der Waals surface area contributed by atoms with Gasteiger partial charge in [0.05, 0.1) is 12.3 Å². The van der Waals surface area contributed by atoms with Crippen molar-refractivity contribution in [2.75, 3.05) is 6.61 Å². The molecule has 0 atom stereocenters. The average molecular weight is 274 g/mol. The van der Waals surface area contributed by atoms with Crippen LogP contribution in [-0.4, -0.2) is 22.4 Å². The number of aryl methyl sites for hydroxylation is 1. The molecule has 20 heavy (non-hydrogen) atoms. The molecule has 0 fully saturated rings. The standard InChI is InChI=1S/C15H18N2O3/c1-3-4-10-20-15(19)13-11(2)16-17(14(13)18)12-8-6-5-7-9-12/h5-9,16H,3-4,10H2,1-2H3. The Labute approximate surface area is 117 Å². The van der Waals surface area contributed by atoms with Gasteiger partial charge in [-0.05, 0) is 25.5 Å². The number of carbonyl (C=O) groups excluding carboxylic acids is 1. The molecule has 1 N–H and O–H groups in total. The summed E-state index contributed by atoms with van der Waals surface area (Å²) in [6, 6.07) is 9.12. The maximum absolute atomic E-state index is 12.3. The molecule has 106 valence electrons. The minimum Gasteiger partial charge on any atom is -0.462 e. The van der Waals surface area contributed by atoms with Crippen molar-refractivity contribution in [2.45, 2.75) is 26.7 Å². The number of ether oxygens (including phenoxy) is 1. The Balaban J connectivity index is 2.30. The van der Waals surface area contributed by atoms with Gasteiger partial charge in [-0.25, -0.2) is 9.48 Å². The van der Waals surface area contributed by atoms with Crippen molar-refractivity contribution in [1.82, 2.24) is 9.78 Å². The Bertz CT molecular complexity index is 641. The molecular formula is C15H18N2O3. The molecule has 0 aliphatic rings. The number of hydrogen-bond donors (Lipinski definition) is 1. The largest absolute Gasteiger partial charge is 0.462 e. The van der Waals surface area contributed by atoms with Crippen LogP contribution in [0.15, 0.2) is 35.1 Å². The van der Waals surface area contributed by atoms with Crippen LogP contribution in [0.3, 0.4) is 0 Å². The van der Waals surface area contributed by atoms with E-state index in [1.54, 1.807) is 19.1 Å². The van der Waals surface area contributed by atoms with E-state index in [4.69, 9.17) is 4.74 Å². The number of para-hydroxylation sites is 1. The zero-order chi connectivity index (χ0) is 14.5. The lowest BCUT2D eigenvalue weighted by atomic mass is 10.2. The number of carbonyl (C=O) groups is 1. The smallest absolute Gasteiger partial charge is 0.345 e. The van der Waals surface area contributed by atoms with Crippen molar-refractivity contribution in [3.05, 3.63) is 51.9 Å². The molecule has 0 amide bonds. The van der Waals surface area contributed by atoms with Crippen LogP contribution in [0.5, 0.6) is 0 Å². The molecule has 5 nitrogen and oxygen atoms in total. The summed E-state index contributed by atoms with van der Waals surface area (Å²) in [5.74, 6) is -0.563. The number of aromatic nitrogens is 2. The van der Waals surface area contributed by atoms with Gasteiger partial charge in [0, 0.05) is 5.69 Å². The van der Waals surface area contributed by atoms with E-state index in [1.165, 1.54) is 4.68 Å². The maximum Gasteiger partial charge on any atom is 0.345 e. The van der Waals surface area contributed by atoms with Crippen LogP contribution in [0.4, 0.5) is 0 Å². The second kappa shape index (κ2) is 6.23. The van der Waals surface area contributed by atoms with Gasteiger partial charge in [0.2, 0.25) is 0 Å². The Morgan fingerprint density at radius 2 is 2.00 bits per heavy atom. The van der Waals surface area contributed by atoms with Gasteiger partial charge >= 0.3 is 5.97 Å². The minimum absolute atomic E-state index is 0.0740. The van der Waals surface area contributed by atoms with Crippen molar-refractivity contribution >= 4 is 5.97 Å². The van der Waals surface area contributed by atoms with Crippen molar-refractivity contribution in [3.8, 4) is 5.69 Å². The number of H-pyrrole nitrogens is 1. The molecule has 1 heterocycles. The average Bonchev–Trinajstić information content (AvgIpc) is 2.75. The van der Waals surface area contributed by atoms with Gasteiger partial charge in [0.25, 0.3) is 5.56 Å². The van der Waals surface area contributed by atoms with Crippen LogP contribution in [0.1, 0.15) is 35.8 Å². The molecule has 0 saturated heterocycles. The van der Waals surface area contributed by atoms with Gasteiger partial charge in [-0.3, -0.25) is 9.89 Å². The molecule has 1 aromatic heterocycles. The Morgan fingerprint density at radius 1 is 1.30 bits per heavy atom. The summed E-state index contributed by atoms with van der Waals surface area (Å²) < 4.78 is 6.46. The number of nitrogens with zero attached hydrogens (tertiary/aromatic N) is 1. The highest BCUT2D eigenvalue weighted by Crippen LogP contribution is 2.08. The zero-order valence-electron chi connectivity index (χ0n) is 11.7. The molecule has 2 rings (SSSR count). The van der Waals surface area contributed by atoms with Gasteiger partial charge in [-0.1, -0.05) is 31.5 Å². The Hall–Kier alpha value is -2.30. The van der Waals surface area contributed by atoms with Gasteiger partial charge in [0.15, 0.2) is 0 Å². The third-order valence-corrected chi connectivity index (χ3v) is 3.02. The number of esters is 1. The van der Waals surface area contributed by atoms with Crippen molar-refractivity contribution < 1.29 is 9.53 Å². The first-order valence-corrected chi connectivity index (χ1v) is 6.69. The molecule has 0 aliphatic heterocycles. The second-order valence-corrected chi connectivity index (χ2v) is 4.58. The zero-order valence-corrected chi connectivity index (χ0v) is 11.7. The molecule has 0 unspecified atom stereocenters. The molecule has 0 spiro atoms. The summed E-state index contributed by atoms with van der Waals surface area (Å²) in [7, 11) is 0. The topological polar surface area (TPSA) is 64.1 Å². The first-order chi connectivity index (χ1) is 9.65. The lowest BCUT2D eigenvalue weighted by molar-refractivity contribution is 0.0497. The van der Waals surface area contributed by atoms with Gasteiger partial charge in [-0.2, -0.15) is 0 Å². The number of unbranched alkanes of at least 4 members (excludes halogenated alkanes) is 1. The van der Waals surface area contributed by atoms with Crippen LogP contribution in [0.2, 0.25) is 0 Å². The Morgan fingerprint density at radius 3 is 2.65 bits per heavy atom. The van der Waals surface area contributed by atoms with E-state index in [9.17, 15) is 9.59 Å². The van der Waals surface area contributed by atoms with Crippen LogP contribution in [-0.2, 0) is 4.74 Å². The summed E-state index contributed by atoms with van der Waals surface area (Å²) in [6.07, 6.45) is 1.73. The SMILES string of the molecule is CCCCOC(=O)c1c(C)[nH]n(-c2ccccc2)c1=O. The van der Waals surface area contributed by atoms with Crippen molar-refractivity contribution in [1.29, 1.82) is 0 Å². The normalized spacial score (nSPS) is 10.5. The second-order valence-electron chi connectivity index (χ2n) is 4.58. The summed E-state index contributed by atoms with van der Waals surface area (Å²) >= 11 is 0. The highest BCUT2D eigenvalue weighted by atomic mass is 16.5. The number of rotatable bonds is 5. The molecule has 2 aromatic rings. The number of benzene rings is 1. The summed E-state index contributed by atoms with van der Waals surface area (Å²) in [4.78, 5) is 24.2. The fourth-order valence-electron chi connectivity index (χ4n) is 1.93. The lowest BCUT2D eigenvalue weighted by Gasteiger charge is -2.01. The first-order valence-electron chi connectivity index (χ1n) is 6.69. The van der Waals surface area contributed by atoms with E-state index < -0.39 is 5.97 Å². The first kappa shape index (κ1) is 14.1. The van der Waals surface area contributed by atoms with Crippen LogP contribution in [0.25, 0.3) is 5.69 Å². The van der Waals surface area contributed by atoms with E-state index in [2.05, 4.69) is 5.10 Å². The number of nitrogens with one attached hydrogen (secondary N) is 1. The van der Waals surface area contributed by atoms with E-state index >= 15 is 0 Å². The third kappa shape index (κ3) is 2.82. The minimum atomic E-state index is -0.563. The van der Waals surface area contributed by atoms with E-state index in [-0.39, 0.29) is 11.1 Å². The van der Waals surface area contributed by atoms with Crippen LogP contribution in [0, 0.1) is 6.92 Å². The fraction of sp³-hybridized carbons (Fsp3) is 0.333. The lowest BCUT2D eigenvalue weighted by Crippen LogP contribution is -2.21. The van der Waals surface area contributed by atoms with Gasteiger partial charge in [0.1, 0.15) is 5.56 Å². The third-order valence-electron chi connectivity index (χ3n) is 3.02. The maximum atomic E-state index is 12.3. The molecule has 0 bridgehead atoms. The summed E-state index contributed by atoms with van der Waals surface area (Å²) in [5.41, 5.74) is 0.897. The summed E-state index contributed by atoms with van der Waals surface area (Å²) in [5, 5.41) is 2.90. The Kier molecular flexibility index (Phi) is 4.40. The molecule has 0 saturated carbocycles. The predicted molar refractivity (Wildman–Crippen MR) is 76.3 cm³/mol. The quantitative estimate of drug-likeness (QED) is 0.672. The van der Waals surface area contributed by atoms with Crippen molar-refractivity contribution in [2.24, 2.45) is 0 Å². The number of hydrogen-bond acceptors (Lipinski definition) is 3. The number of aromatic amines is 1. The summed E-state index contributed by atoms with van der Waals surface area (Å²) in [6.45, 7) is 4.04. The van der Waals surface area contributed by atoms with Gasteiger partial charge < -0.3 is 4.74 Å². The monoisotopic (exact) mass is 274 g/mol. The molecular weight excluding hydrogens is 256 g/mol. The van der Waals surface area contributed by atoms with Crippen LogP contribution >= 0.6 is 0 Å². The fourth-order valence-corrected chi connectivity index (χ4v) is 1.93. The molecule has 1 aromatic carbocycles. The highest BCUT2D eigenvalue weighted by Gasteiger charge is 2.20. The highest BCUT2D eigenvalue weighted by molar-refractivity contribution is 5.90. The molecule has 0 radical (unpaired) electrons.